The van der Waals surface area contributed by atoms with Crippen LogP contribution < -0.4 is 10.6 Å². The maximum atomic E-state index is 12.4. The van der Waals surface area contributed by atoms with Gasteiger partial charge in [0.15, 0.2) is 5.13 Å². The summed E-state index contributed by atoms with van der Waals surface area (Å²) in [6.45, 7) is 1.71. The number of hydrogen-bond donors (Lipinski definition) is 2. The second kappa shape index (κ2) is 8.77. The molecule has 26 heavy (non-hydrogen) atoms. The normalized spacial score (nSPS) is 10.8. The maximum Gasteiger partial charge on any atom is 0.354 e. The van der Waals surface area contributed by atoms with Crippen molar-refractivity contribution < 1.29 is 23.9 Å². The van der Waals surface area contributed by atoms with E-state index in [1.807, 2.05) is 0 Å². The Morgan fingerprint density at radius 3 is 2.54 bits per heavy atom. The number of thiazole rings is 1. The minimum absolute atomic E-state index is 0.111. The number of nitrogens with zero attached hydrogens (tertiary/aromatic N) is 1. The van der Waals surface area contributed by atoms with Gasteiger partial charge in [-0.15, -0.1) is 11.3 Å². The third-order valence-corrected chi connectivity index (χ3v) is 4.06. The standard InChI is InChI=1S/C17H17N3O5S/c1-10-11(15(22)20-17-18-7-8-26-17)5-4-6-12(10)19-13(16(23)25-3)9-14(21)24-2/h4-9,19H,1-3H3,(H,18,20,22)/b13-9+. The summed E-state index contributed by atoms with van der Waals surface area (Å²) in [5.41, 5.74) is 1.34. The number of ether oxygens (including phenoxy) is 2. The molecule has 0 fully saturated rings. The minimum atomic E-state index is -0.743. The highest BCUT2D eigenvalue weighted by Gasteiger charge is 2.17. The Kier molecular flexibility index (Phi) is 6.45. The Balaban J connectivity index is 2.29. The van der Waals surface area contributed by atoms with Gasteiger partial charge >= 0.3 is 11.9 Å². The van der Waals surface area contributed by atoms with E-state index in [0.29, 0.717) is 21.9 Å². The summed E-state index contributed by atoms with van der Waals surface area (Å²) in [5.74, 6) is -1.79. The van der Waals surface area contributed by atoms with Crippen molar-refractivity contribution in [3.63, 3.8) is 0 Å². The van der Waals surface area contributed by atoms with Crippen molar-refractivity contribution in [2.45, 2.75) is 6.92 Å². The molecule has 8 nitrogen and oxygen atoms in total. The van der Waals surface area contributed by atoms with E-state index in [-0.39, 0.29) is 11.6 Å². The van der Waals surface area contributed by atoms with Crippen molar-refractivity contribution in [2.24, 2.45) is 0 Å². The molecule has 1 amide bonds. The van der Waals surface area contributed by atoms with Gasteiger partial charge in [-0.05, 0) is 24.6 Å². The third-order valence-electron chi connectivity index (χ3n) is 3.37. The number of hydrogen-bond acceptors (Lipinski definition) is 8. The summed E-state index contributed by atoms with van der Waals surface area (Å²) >= 11 is 1.30. The Morgan fingerprint density at radius 1 is 1.15 bits per heavy atom. The number of carbonyl (C=O) groups excluding carboxylic acids is 3. The molecular weight excluding hydrogens is 358 g/mol. The Labute approximate surface area is 153 Å². The van der Waals surface area contributed by atoms with Crippen LogP contribution in [0.3, 0.4) is 0 Å². The lowest BCUT2D eigenvalue weighted by molar-refractivity contribution is -0.138. The lowest BCUT2D eigenvalue weighted by atomic mass is 10.1. The molecule has 1 heterocycles. The zero-order valence-electron chi connectivity index (χ0n) is 14.4. The predicted octanol–water partition coefficient (Wildman–Crippen LogP) is 2.35. The first kappa shape index (κ1) is 19.1. The van der Waals surface area contributed by atoms with Crippen molar-refractivity contribution >= 4 is 40.0 Å². The first-order chi connectivity index (χ1) is 12.5. The molecule has 0 atom stereocenters. The van der Waals surface area contributed by atoms with E-state index >= 15 is 0 Å². The van der Waals surface area contributed by atoms with Gasteiger partial charge in [0.1, 0.15) is 5.70 Å². The zero-order chi connectivity index (χ0) is 19.1. The summed E-state index contributed by atoms with van der Waals surface area (Å²) in [7, 11) is 2.39. The van der Waals surface area contributed by atoms with E-state index in [1.54, 1.807) is 36.7 Å². The van der Waals surface area contributed by atoms with Crippen molar-refractivity contribution in [3.05, 3.63) is 52.7 Å². The van der Waals surface area contributed by atoms with Crippen LogP contribution in [0.2, 0.25) is 0 Å². The van der Waals surface area contributed by atoms with Crippen molar-refractivity contribution in [3.8, 4) is 0 Å². The van der Waals surface area contributed by atoms with Crippen LogP contribution in [-0.2, 0) is 19.1 Å². The smallest absolute Gasteiger partial charge is 0.354 e. The monoisotopic (exact) mass is 375 g/mol. The van der Waals surface area contributed by atoms with Crippen LogP contribution >= 0.6 is 11.3 Å². The van der Waals surface area contributed by atoms with Crippen LogP contribution in [0.25, 0.3) is 0 Å². The summed E-state index contributed by atoms with van der Waals surface area (Å²) < 4.78 is 9.18. The fraction of sp³-hybridized carbons (Fsp3) is 0.176. The molecule has 2 aromatic rings. The largest absolute Gasteiger partial charge is 0.466 e. The quantitative estimate of drug-likeness (QED) is 0.589. The summed E-state index contributed by atoms with van der Waals surface area (Å²) in [6, 6.07) is 4.97. The van der Waals surface area contributed by atoms with Gasteiger partial charge in [0.2, 0.25) is 0 Å². The zero-order valence-corrected chi connectivity index (χ0v) is 15.2. The maximum absolute atomic E-state index is 12.4. The van der Waals surface area contributed by atoms with E-state index in [0.717, 1.165) is 6.08 Å². The first-order valence-electron chi connectivity index (χ1n) is 7.41. The van der Waals surface area contributed by atoms with E-state index in [9.17, 15) is 14.4 Å². The molecule has 2 N–H and O–H groups in total. The molecule has 9 heteroatoms. The molecule has 136 valence electrons. The highest BCUT2D eigenvalue weighted by molar-refractivity contribution is 7.13. The Hall–Kier alpha value is -3.20. The number of methoxy groups -OCH3 is 2. The number of anilines is 2. The summed E-state index contributed by atoms with van der Waals surface area (Å²) in [6.07, 6.45) is 2.57. The van der Waals surface area contributed by atoms with Crippen LogP contribution in [-0.4, -0.2) is 37.0 Å². The molecule has 0 aliphatic carbocycles. The molecule has 0 spiro atoms. The molecule has 0 radical (unpaired) electrons. The van der Waals surface area contributed by atoms with Gasteiger partial charge in [0.25, 0.3) is 5.91 Å². The van der Waals surface area contributed by atoms with Crippen LogP contribution in [0.5, 0.6) is 0 Å². The SMILES string of the molecule is COC(=O)/C=C(/Nc1cccc(C(=O)Nc2nccs2)c1C)C(=O)OC. The number of rotatable bonds is 6. The lowest BCUT2D eigenvalue weighted by Crippen LogP contribution is -2.18. The van der Waals surface area contributed by atoms with E-state index in [2.05, 4.69) is 25.1 Å². The number of aromatic nitrogens is 1. The van der Waals surface area contributed by atoms with Crippen LogP contribution in [0.15, 0.2) is 41.5 Å². The molecule has 1 aromatic heterocycles. The second-order valence-corrected chi connectivity index (χ2v) is 5.86. The first-order valence-corrected chi connectivity index (χ1v) is 8.29. The van der Waals surface area contributed by atoms with Gasteiger partial charge in [0.05, 0.1) is 20.3 Å². The molecule has 2 rings (SSSR count). The molecule has 1 aromatic carbocycles. The predicted molar refractivity (Wildman–Crippen MR) is 97.0 cm³/mol. The Bertz CT molecular complexity index is 846. The number of esters is 2. The molecule has 0 saturated carbocycles. The van der Waals surface area contributed by atoms with Gasteiger partial charge in [-0.25, -0.2) is 14.6 Å². The topological polar surface area (TPSA) is 107 Å². The van der Waals surface area contributed by atoms with Crippen molar-refractivity contribution in [1.82, 2.24) is 4.98 Å². The van der Waals surface area contributed by atoms with Crippen LogP contribution in [0.4, 0.5) is 10.8 Å². The third kappa shape index (κ3) is 4.67. The molecule has 0 aliphatic rings. The van der Waals surface area contributed by atoms with Gasteiger partial charge in [-0.3, -0.25) is 10.1 Å². The number of carbonyl (C=O) groups is 3. The van der Waals surface area contributed by atoms with E-state index in [4.69, 9.17) is 0 Å². The average Bonchev–Trinajstić information content (AvgIpc) is 3.14. The van der Waals surface area contributed by atoms with Crippen molar-refractivity contribution in [2.75, 3.05) is 24.9 Å². The minimum Gasteiger partial charge on any atom is -0.466 e. The van der Waals surface area contributed by atoms with Crippen LogP contribution in [0.1, 0.15) is 15.9 Å². The van der Waals surface area contributed by atoms with E-state index in [1.165, 1.54) is 25.6 Å². The fourth-order valence-corrected chi connectivity index (χ4v) is 2.57. The highest BCUT2D eigenvalue weighted by atomic mass is 32.1. The van der Waals surface area contributed by atoms with Gasteiger partial charge in [-0.2, -0.15) is 0 Å². The van der Waals surface area contributed by atoms with E-state index < -0.39 is 11.9 Å². The summed E-state index contributed by atoms with van der Waals surface area (Å²) in [5, 5.41) is 7.74. The molecule has 0 unspecified atom stereocenters. The highest BCUT2D eigenvalue weighted by Crippen LogP contribution is 2.22. The second-order valence-electron chi connectivity index (χ2n) is 4.97. The average molecular weight is 375 g/mol. The van der Waals surface area contributed by atoms with Crippen molar-refractivity contribution in [1.29, 1.82) is 0 Å². The summed E-state index contributed by atoms with van der Waals surface area (Å²) in [4.78, 5) is 39.8. The lowest BCUT2D eigenvalue weighted by Gasteiger charge is -2.14. The molecule has 0 bridgehead atoms. The number of nitrogens with one attached hydrogen (secondary N) is 2. The number of amides is 1. The van der Waals surface area contributed by atoms with Crippen LogP contribution in [0, 0.1) is 6.92 Å². The number of benzene rings is 1. The fourth-order valence-electron chi connectivity index (χ4n) is 2.04. The molecule has 0 aliphatic heterocycles. The molecule has 0 saturated heterocycles. The van der Waals surface area contributed by atoms with Gasteiger partial charge in [0, 0.05) is 22.8 Å². The van der Waals surface area contributed by atoms with Gasteiger partial charge in [-0.1, -0.05) is 6.07 Å². The Morgan fingerprint density at radius 2 is 1.92 bits per heavy atom. The molecular formula is C17H17N3O5S. The van der Waals surface area contributed by atoms with Gasteiger partial charge < -0.3 is 14.8 Å².